The molecule has 0 unspecified atom stereocenters. The maximum atomic E-state index is 10.6. The lowest BCUT2D eigenvalue weighted by atomic mass is 10.1. The van der Waals surface area contributed by atoms with Crippen molar-refractivity contribution in [3.05, 3.63) is 76.5 Å². The minimum absolute atomic E-state index is 0.0947. The Labute approximate surface area is 121 Å². The van der Waals surface area contributed by atoms with Gasteiger partial charge in [0, 0.05) is 35.9 Å². The van der Waals surface area contributed by atoms with Gasteiger partial charge in [0.2, 0.25) is 0 Å². The summed E-state index contributed by atoms with van der Waals surface area (Å²) in [7, 11) is 0. The molecule has 0 aliphatic heterocycles. The fourth-order valence-corrected chi connectivity index (χ4v) is 2.14. The van der Waals surface area contributed by atoms with Gasteiger partial charge < -0.3 is 5.32 Å². The number of nitrogens with zero attached hydrogens (tertiary/aromatic N) is 2. The topological polar surface area (TPSA) is 68.1 Å². The zero-order chi connectivity index (χ0) is 14.7. The molecule has 0 fully saturated rings. The van der Waals surface area contributed by atoms with E-state index in [9.17, 15) is 10.1 Å². The molecular formula is C16H13N3O2. The zero-order valence-corrected chi connectivity index (χ0v) is 11.2. The number of nitro benzene ring substituents is 1. The van der Waals surface area contributed by atoms with Gasteiger partial charge in [-0.2, -0.15) is 0 Å². The number of non-ortho nitro benzene ring substituents is 1. The Kier molecular flexibility index (Phi) is 3.47. The quantitative estimate of drug-likeness (QED) is 0.583. The molecule has 5 nitrogen and oxygen atoms in total. The van der Waals surface area contributed by atoms with E-state index in [0.717, 1.165) is 22.2 Å². The van der Waals surface area contributed by atoms with Crippen LogP contribution in [0.3, 0.4) is 0 Å². The standard InChI is InChI=1S/C16H13N3O2/c20-19(21)15-6-4-14(5-7-15)18-11-12-3-8-16-13(10-12)2-1-9-17-16/h1-10,18H,11H2. The second-order valence-electron chi connectivity index (χ2n) is 4.69. The zero-order valence-electron chi connectivity index (χ0n) is 11.2. The van der Waals surface area contributed by atoms with E-state index < -0.39 is 4.92 Å². The monoisotopic (exact) mass is 279 g/mol. The first-order valence-electron chi connectivity index (χ1n) is 6.54. The number of anilines is 1. The van der Waals surface area contributed by atoms with E-state index in [1.165, 1.54) is 12.1 Å². The molecule has 1 N–H and O–H groups in total. The summed E-state index contributed by atoms with van der Waals surface area (Å²) in [6, 6.07) is 16.4. The van der Waals surface area contributed by atoms with E-state index in [2.05, 4.69) is 16.4 Å². The Bertz CT molecular complexity index is 785. The summed E-state index contributed by atoms with van der Waals surface area (Å²) in [6.07, 6.45) is 1.77. The highest BCUT2D eigenvalue weighted by Crippen LogP contribution is 2.17. The molecule has 0 spiro atoms. The first-order chi connectivity index (χ1) is 10.2. The van der Waals surface area contributed by atoms with Crippen molar-refractivity contribution >= 4 is 22.3 Å². The van der Waals surface area contributed by atoms with Gasteiger partial charge in [0.05, 0.1) is 10.4 Å². The van der Waals surface area contributed by atoms with Crippen LogP contribution in [0.2, 0.25) is 0 Å². The van der Waals surface area contributed by atoms with Crippen LogP contribution in [-0.2, 0) is 6.54 Å². The lowest BCUT2D eigenvalue weighted by molar-refractivity contribution is -0.384. The maximum Gasteiger partial charge on any atom is 0.269 e. The molecule has 0 saturated carbocycles. The van der Waals surface area contributed by atoms with E-state index >= 15 is 0 Å². The van der Waals surface area contributed by atoms with Gasteiger partial charge in [-0.1, -0.05) is 12.1 Å². The number of nitrogens with one attached hydrogen (secondary N) is 1. The van der Waals surface area contributed by atoms with E-state index in [0.29, 0.717) is 6.54 Å². The van der Waals surface area contributed by atoms with Gasteiger partial charge in [-0.15, -0.1) is 0 Å². The van der Waals surface area contributed by atoms with Crippen LogP contribution < -0.4 is 5.32 Å². The van der Waals surface area contributed by atoms with Gasteiger partial charge in [0.1, 0.15) is 0 Å². The fourth-order valence-electron chi connectivity index (χ4n) is 2.14. The van der Waals surface area contributed by atoms with Crippen molar-refractivity contribution in [2.24, 2.45) is 0 Å². The molecule has 0 radical (unpaired) electrons. The summed E-state index contributed by atoms with van der Waals surface area (Å²) in [5.41, 5.74) is 3.05. The van der Waals surface area contributed by atoms with Crippen molar-refractivity contribution in [2.75, 3.05) is 5.32 Å². The van der Waals surface area contributed by atoms with Gasteiger partial charge in [-0.3, -0.25) is 15.1 Å². The van der Waals surface area contributed by atoms with Gasteiger partial charge in [0.15, 0.2) is 0 Å². The molecule has 5 heteroatoms. The summed E-state index contributed by atoms with van der Waals surface area (Å²) in [6.45, 7) is 0.655. The predicted molar refractivity (Wildman–Crippen MR) is 82.2 cm³/mol. The van der Waals surface area contributed by atoms with Crippen LogP contribution in [0.1, 0.15) is 5.56 Å². The summed E-state index contributed by atoms with van der Waals surface area (Å²) in [4.78, 5) is 14.5. The number of fused-ring (bicyclic) bond motifs is 1. The number of hydrogen-bond acceptors (Lipinski definition) is 4. The summed E-state index contributed by atoms with van der Waals surface area (Å²) in [5.74, 6) is 0. The number of nitro groups is 1. The minimum atomic E-state index is -0.403. The molecule has 2 aromatic carbocycles. The Hall–Kier alpha value is -2.95. The third-order valence-electron chi connectivity index (χ3n) is 3.24. The minimum Gasteiger partial charge on any atom is -0.381 e. The van der Waals surface area contributed by atoms with E-state index in [4.69, 9.17) is 0 Å². The largest absolute Gasteiger partial charge is 0.381 e. The normalized spacial score (nSPS) is 10.5. The highest BCUT2D eigenvalue weighted by Gasteiger charge is 2.03. The van der Waals surface area contributed by atoms with Crippen LogP contribution >= 0.6 is 0 Å². The molecular weight excluding hydrogens is 266 g/mol. The van der Waals surface area contributed by atoms with Crippen molar-refractivity contribution < 1.29 is 4.92 Å². The van der Waals surface area contributed by atoms with Crippen LogP contribution in [0.5, 0.6) is 0 Å². The van der Waals surface area contributed by atoms with E-state index in [1.54, 1.807) is 18.3 Å². The van der Waals surface area contributed by atoms with Crippen molar-refractivity contribution in [2.45, 2.75) is 6.54 Å². The first-order valence-corrected chi connectivity index (χ1v) is 6.54. The number of pyridine rings is 1. The first kappa shape index (κ1) is 13.1. The molecule has 3 rings (SSSR count). The Morgan fingerprint density at radius 1 is 1.10 bits per heavy atom. The van der Waals surface area contributed by atoms with Crippen LogP contribution in [0, 0.1) is 10.1 Å². The maximum absolute atomic E-state index is 10.6. The van der Waals surface area contributed by atoms with Crippen molar-refractivity contribution in [1.82, 2.24) is 4.98 Å². The SMILES string of the molecule is O=[N+]([O-])c1ccc(NCc2ccc3ncccc3c2)cc1. The Morgan fingerprint density at radius 3 is 2.67 bits per heavy atom. The van der Waals surface area contributed by atoms with Crippen molar-refractivity contribution in [3.8, 4) is 0 Å². The molecule has 0 aliphatic carbocycles. The van der Waals surface area contributed by atoms with E-state index in [1.807, 2.05) is 24.3 Å². The van der Waals surface area contributed by atoms with E-state index in [-0.39, 0.29) is 5.69 Å². The second kappa shape index (κ2) is 5.58. The molecule has 0 saturated heterocycles. The molecule has 1 heterocycles. The van der Waals surface area contributed by atoms with Crippen molar-refractivity contribution in [1.29, 1.82) is 0 Å². The third kappa shape index (κ3) is 2.97. The second-order valence-corrected chi connectivity index (χ2v) is 4.69. The number of hydrogen-bond donors (Lipinski definition) is 1. The van der Waals surface area contributed by atoms with Gasteiger partial charge in [-0.25, -0.2) is 0 Å². The summed E-state index contributed by atoms with van der Waals surface area (Å²) >= 11 is 0. The molecule has 3 aromatic rings. The Balaban J connectivity index is 1.72. The molecule has 0 atom stereocenters. The number of benzene rings is 2. The fraction of sp³-hybridized carbons (Fsp3) is 0.0625. The average Bonchev–Trinajstić information content (AvgIpc) is 2.53. The summed E-state index contributed by atoms with van der Waals surface area (Å²) in [5, 5.41) is 14.9. The molecule has 21 heavy (non-hydrogen) atoms. The summed E-state index contributed by atoms with van der Waals surface area (Å²) < 4.78 is 0. The molecule has 0 aliphatic rings. The van der Waals surface area contributed by atoms with Gasteiger partial charge >= 0.3 is 0 Å². The predicted octanol–water partition coefficient (Wildman–Crippen LogP) is 3.76. The number of rotatable bonds is 4. The van der Waals surface area contributed by atoms with Crippen LogP contribution in [0.25, 0.3) is 10.9 Å². The molecule has 104 valence electrons. The number of aromatic nitrogens is 1. The van der Waals surface area contributed by atoms with Crippen LogP contribution in [0.4, 0.5) is 11.4 Å². The van der Waals surface area contributed by atoms with Gasteiger partial charge in [-0.05, 0) is 35.9 Å². The lowest BCUT2D eigenvalue weighted by Gasteiger charge is -2.07. The van der Waals surface area contributed by atoms with Crippen LogP contribution in [0.15, 0.2) is 60.8 Å². The molecule has 0 bridgehead atoms. The average molecular weight is 279 g/mol. The highest BCUT2D eigenvalue weighted by atomic mass is 16.6. The Morgan fingerprint density at radius 2 is 1.90 bits per heavy atom. The lowest BCUT2D eigenvalue weighted by Crippen LogP contribution is -1.99. The third-order valence-corrected chi connectivity index (χ3v) is 3.24. The van der Waals surface area contributed by atoms with Gasteiger partial charge in [0.25, 0.3) is 5.69 Å². The highest BCUT2D eigenvalue weighted by molar-refractivity contribution is 5.79. The molecule has 0 amide bonds. The smallest absolute Gasteiger partial charge is 0.269 e. The van der Waals surface area contributed by atoms with Crippen molar-refractivity contribution in [3.63, 3.8) is 0 Å². The van der Waals surface area contributed by atoms with Crippen LogP contribution in [-0.4, -0.2) is 9.91 Å². The molecule has 1 aromatic heterocycles.